The first-order valence-electron chi connectivity index (χ1n) is 15.0. The summed E-state index contributed by atoms with van der Waals surface area (Å²) in [6.07, 6.45) is 4.37. The molecule has 1 saturated carbocycles. The molecule has 4 atom stereocenters. The van der Waals surface area contributed by atoms with Gasteiger partial charge in [0.1, 0.15) is 11.9 Å². The topological polar surface area (TPSA) is 61.8 Å². The van der Waals surface area contributed by atoms with E-state index in [1.54, 1.807) is 0 Å². The number of benzene rings is 3. The van der Waals surface area contributed by atoms with E-state index in [2.05, 4.69) is 58.7 Å². The van der Waals surface area contributed by atoms with E-state index in [9.17, 15) is 23.1 Å². The van der Waals surface area contributed by atoms with Crippen LogP contribution in [-0.2, 0) is 29.2 Å². The third-order valence-electron chi connectivity index (χ3n) is 9.79. The molecule has 2 bridgehead atoms. The van der Waals surface area contributed by atoms with Crippen molar-refractivity contribution in [3.63, 3.8) is 0 Å². The summed E-state index contributed by atoms with van der Waals surface area (Å²) in [6, 6.07) is 22.2. The van der Waals surface area contributed by atoms with E-state index in [0.717, 1.165) is 69.5 Å². The van der Waals surface area contributed by atoms with Gasteiger partial charge in [-0.05, 0) is 86.0 Å². The number of halogens is 3. The Morgan fingerprint density at radius 2 is 1.88 bits per heavy atom. The predicted octanol–water partition coefficient (Wildman–Crippen LogP) is 5.94. The fourth-order valence-electron chi connectivity index (χ4n) is 7.86. The molecule has 226 valence electrons. The number of carbonyl (C=O) groups is 1. The highest BCUT2D eigenvalue weighted by Gasteiger charge is 2.70. The number of nitrogens with one attached hydrogen (secondary N) is 1. The van der Waals surface area contributed by atoms with Crippen LogP contribution in [0.3, 0.4) is 0 Å². The van der Waals surface area contributed by atoms with E-state index in [1.165, 1.54) is 48.0 Å². The summed E-state index contributed by atoms with van der Waals surface area (Å²) in [5.74, 6) is 0.687. The van der Waals surface area contributed by atoms with Crippen LogP contribution in [0.5, 0.6) is 5.75 Å². The van der Waals surface area contributed by atoms with E-state index in [4.69, 9.17) is 4.74 Å². The summed E-state index contributed by atoms with van der Waals surface area (Å²) in [6.45, 7) is 2.08. The normalized spacial score (nSPS) is 27.1. The maximum atomic E-state index is 12.3. The number of carbonyl (C=O) groups excluding carboxylic acids is 1. The Kier molecular flexibility index (Phi) is 7.86. The molecule has 0 unspecified atom stereocenters. The zero-order chi connectivity index (χ0) is 30.2. The zero-order valence-corrected chi connectivity index (χ0v) is 24.2. The molecule has 2 fully saturated rings. The quantitative estimate of drug-likeness (QED) is 0.362. The molecule has 3 aromatic rings. The molecular formula is C35H37F3N2O3. The van der Waals surface area contributed by atoms with Gasteiger partial charge in [-0.2, -0.15) is 13.2 Å². The number of nitrogens with zero attached hydrogens (tertiary/aromatic N) is 1. The second-order valence-electron chi connectivity index (χ2n) is 12.0. The number of alkyl halides is 3. The third kappa shape index (κ3) is 5.25. The molecule has 2 aliphatic carbocycles. The summed E-state index contributed by atoms with van der Waals surface area (Å²) in [5.41, 5.74) is 2.93. The minimum absolute atomic E-state index is 0.159. The van der Waals surface area contributed by atoms with Gasteiger partial charge in [-0.15, -0.1) is 0 Å². The summed E-state index contributed by atoms with van der Waals surface area (Å²) in [5, 5.41) is 14.5. The molecule has 2 heterocycles. The van der Waals surface area contributed by atoms with Crippen molar-refractivity contribution >= 4 is 12.0 Å². The van der Waals surface area contributed by atoms with Crippen LogP contribution < -0.4 is 10.1 Å². The van der Waals surface area contributed by atoms with Crippen LogP contribution in [0.4, 0.5) is 13.2 Å². The first-order chi connectivity index (χ1) is 20.7. The molecule has 43 heavy (non-hydrogen) atoms. The van der Waals surface area contributed by atoms with Gasteiger partial charge in [-0.25, -0.2) is 0 Å². The van der Waals surface area contributed by atoms with Gasteiger partial charge in [0.15, 0.2) is 0 Å². The standard InChI is InChI=1S/C24H27NO2.C11H10F3NO/c26-24-12-5-10-21-23(24)13-15-25(14-11-17-6-2-1-3-7-17)20(24)16-18-8-4-9-19(27-21)22(18)23;1-15-10(16)6-5-8-3-2-4-9(7-8)11(12,13)14/h1-4,6-9,20-21,26H,5,10-16H2;2-7H,1H3,(H,15,16)/b;6-5+/t20-,21+,23-,24-;/m1./s1. The van der Waals surface area contributed by atoms with Gasteiger partial charge in [0.05, 0.1) is 16.6 Å². The van der Waals surface area contributed by atoms with Crippen molar-refractivity contribution in [2.45, 2.75) is 67.9 Å². The fraction of sp³-hybridized carbons (Fsp3) is 0.400. The first-order valence-corrected chi connectivity index (χ1v) is 15.0. The molecule has 5 nitrogen and oxygen atoms in total. The van der Waals surface area contributed by atoms with Gasteiger partial charge >= 0.3 is 6.18 Å². The van der Waals surface area contributed by atoms with Crippen molar-refractivity contribution in [3.05, 3.63) is 107 Å². The third-order valence-corrected chi connectivity index (χ3v) is 9.79. The average Bonchev–Trinajstić information content (AvgIpc) is 3.34. The number of rotatable bonds is 5. The number of amides is 1. The molecule has 8 heteroatoms. The minimum atomic E-state index is -4.36. The summed E-state index contributed by atoms with van der Waals surface area (Å²) >= 11 is 0. The largest absolute Gasteiger partial charge is 0.489 e. The van der Waals surface area contributed by atoms with Gasteiger partial charge in [0, 0.05) is 31.3 Å². The lowest BCUT2D eigenvalue weighted by molar-refractivity contribution is -0.184. The number of piperidine rings is 1. The van der Waals surface area contributed by atoms with Gasteiger partial charge < -0.3 is 15.2 Å². The summed E-state index contributed by atoms with van der Waals surface area (Å²) in [7, 11) is 1.44. The Bertz CT molecular complexity index is 1510. The van der Waals surface area contributed by atoms with Crippen molar-refractivity contribution in [1.82, 2.24) is 10.2 Å². The second kappa shape index (κ2) is 11.5. The lowest BCUT2D eigenvalue weighted by atomic mass is 9.49. The van der Waals surface area contributed by atoms with Crippen LogP contribution in [-0.4, -0.2) is 53.8 Å². The van der Waals surface area contributed by atoms with Crippen LogP contribution in [0.1, 0.15) is 53.5 Å². The Hall–Kier alpha value is -3.62. The second-order valence-corrected chi connectivity index (χ2v) is 12.0. The van der Waals surface area contributed by atoms with E-state index in [-0.39, 0.29) is 23.5 Å². The number of aliphatic hydroxyl groups is 1. The zero-order valence-electron chi connectivity index (χ0n) is 24.2. The summed E-state index contributed by atoms with van der Waals surface area (Å²) < 4.78 is 43.4. The summed E-state index contributed by atoms with van der Waals surface area (Å²) in [4.78, 5) is 13.4. The molecule has 4 aliphatic rings. The van der Waals surface area contributed by atoms with Gasteiger partial charge in [-0.1, -0.05) is 54.6 Å². The molecule has 0 radical (unpaired) electrons. The molecule has 2 aliphatic heterocycles. The van der Waals surface area contributed by atoms with Crippen molar-refractivity contribution < 1.29 is 27.8 Å². The van der Waals surface area contributed by atoms with Gasteiger partial charge in [-0.3, -0.25) is 9.69 Å². The minimum Gasteiger partial charge on any atom is -0.489 e. The smallest absolute Gasteiger partial charge is 0.416 e. The molecular weight excluding hydrogens is 553 g/mol. The Morgan fingerprint density at radius 1 is 1.09 bits per heavy atom. The van der Waals surface area contributed by atoms with E-state index in [0.29, 0.717) is 5.56 Å². The van der Waals surface area contributed by atoms with Crippen molar-refractivity contribution in [2.24, 2.45) is 0 Å². The molecule has 3 aromatic carbocycles. The number of hydrogen-bond acceptors (Lipinski definition) is 4. The maximum absolute atomic E-state index is 12.3. The molecule has 1 saturated heterocycles. The molecule has 7 rings (SSSR count). The number of hydrogen-bond donors (Lipinski definition) is 2. The average molecular weight is 591 g/mol. The van der Waals surface area contributed by atoms with Crippen LogP contribution in [0, 0.1) is 0 Å². The Labute approximate surface area is 250 Å². The van der Waals surface area contributed by atoms with Crippen LogP contribution in [0.2, 0.25) is 0 Å². The highest BCUT2D eigenvalue weighted by atomic mass is 19.4. The van der Waals surface area contributed by atoms with Crippen molar-refractivity contribution in [3.8, 4) is 5.75 Å². The van der Waals surface area contributed by atoms with Gasteiger partial charge in [0.2, 0.25) is 5.91 Å². The van der Waals surface area contributed by atoms with E-state index >= 15 is 0 Å². The fourth-order valence-corrected chi connectivity index (χ4v) is 7.86. The Balaban J connectivity index is 0.000000178. The molecule has 1 amide bonds. The number of likely N-dealkylation sites (tertiary alicyclic amines) is 1. The maximum Gasteiger partial charge on any atom is 0.416 e. The Morgan fingerprint density at radius 3 is 2.65 bits per heavy atom. The lowest BCUT2D eigenvalue weighted by Crippen LogP contribution is -2.75. The first kappa shape index (κ1) is 29.5. The van der Waals surface area contributed by atoms with Crippen LogP contribution in [0.25, 0.3) is 6.08 Å². The molecule has 2 N–H and O–H groups in total. The number of ether oxygens (including phenoxy) is 1. The highest BCUT2D eigenvalue weighted by molar-refractivity contribution is 5.91. The monoisotopic (exact) mass is 590 g/mol. The number of likely N-dealkylation sites (N-methyl/N-ethyl adjacent to an activating group) is 1. The van der Waals surface area contributed by atoms with Crippen molar-refractivity contribution in [2.75, 3.05) is 20.1 Å². The molecule has 1 spiro atoms. The van der Waals surface area contributed by atoms with Crippen molar-refractivity contribution in [1.29, 1.82) is 0 Å². The van der Waals surface area contributed by atoms with E-state index < -0.39 is 17.3 Å². The predicted molar refractivity (Wildman–Crippen MR) is 160 cm³/mol. The molecule has 0 aromatic heterocycles. The van der Waals surface area contributed by atoms with E-state index in [1.807, 2.05) is 0 Å². The SMILES string of the molecule is CNC(=O)/C=C/c1cccc(C(F)(F)F)c1.O[C@@]12CCC[C@@H]3Oc4cccc5c4[C@@]31CCN(CCc1ccccc1)[C@@H]2C5. The van der Waals surface area contributed by atoms with Gasteiger partial charge in [0.25, 0.3) is 0 Å². The highest BCUT2D eigenvalue weighted by Crippen LogP contribution is 2.63. The lowest BCUT2D eigenvalue weighted by Gasteiger charge is -2.63. The van der Waals surface area contributed by atoms with Crippen LogP contribution in [0.15, 0.2) is 78.9 Å². The van der Waals surface area contributed by atoms with Crippen LogP contribution >= 0.6 is 0 Å².